The first-order chi connectivity index (χ1) is 11.7. The normalized spacial score (nSPS) is 13.0. The molecule has 1 aliphatic rings. The van der Waals surface area contributed by atoms with E-state index in [9.17, 15) is 0 Å². The minimum absolute atomic E-state index is 0.604. The molecule has 0 saturated heterocycles. The van der Waals surface area contributed by atoms with Gasteiger partial charge in [0.25, 0.3) is 0 Å². The topological polar surface area (TPSA) is 41.1 Å². The maximum atomic E-state index is 4.69. The summed E-state index contributed by atoms with van der Waals surface area (Å²) < 4.78 is 1.07. The smallest absolute Gasteiger partial charge is 0.229 e. The Morgan fingerprint density at radius 1 is 1.12 bits per heavy atom. The zero-order valence-electron chi connectivity index (χ0n) is 13.3. The van der Waals surface area contributed by atoms with Gasteiger partial charge in [-0.2, -0.15) is 4.98 Å². The van der Waals surface area contributed by atoms with E-state index in [1.54, 1.807) is 6.20 Å². The van der Waals surface area contributed by atoms with Gasteiger partial charge in [0.1, 0.15) is 5.82 Å². The summed E-state index contributed by atoms with van der Waals surface area (Å²) in [4.78, 5) is 11.3. The summed E-state index contributed by atoms with van der Waals surface area (Å²) in [6, 6.07) is 16.6. The number of hydrogen-bond acceptors (Lipinski definition) is 4. The van der Waals surface area contributed by atoms with Crippen LogP contribution in [0.2, 0.25) is 0 Å². The van der Waals surface area contributed by atoms with Gasteiger partial charge in [0.05, 0.1) is 0 Å². The lowest BCUT2D eigenvalue weighted by Crippen LogP contribution is -2.15. The molecule has 0 spiro atoms. The Labute approximate surface area is 149 Å². The largest absolute Gasteiger partial charge is 0.326 e. The zero-order chi connectivity index (χ0) is 16.5. The molecule has 2 aromatic carbocycles. The molecule has 0 atom stereocenters. The summed E-state index contributed by atoms with van der Waals surface area (Å²) >= 11 is 3.56. The Morgan fingerprint density at radius 2 is 2.00 bits per heavy atom. The van der Waals surface area contributed by atoms with Crippen LogP contribution in [0.4, 0.5) is 23.1 Å². The molecule has 24 heavy (non-hydrogen) atoms. The highest BCUT2D eigenvalue weighted by molar-refractivity contribution is 9.10. The molecule has 0 aliphatic carbocycles. The number of fused-ring (bicyclic) bond motifs is 1. The van der Waals surface area contributed by atoms with Gasteiger partial charge in [-0.15, -0.1) is 0 Å². The molecule has 4 rings (SSSR count). The van der Waals surface area contributed by atoms with E-state index >= 15 is 0 Å². The van der Waals surface area contributed by atoms with Crippen LogP contribution in [0.1, 0.15) is 11.1 Å². The second-order valence-corrected chi connectivity index (χ2v) is 6.71. The number of rotatable bonds is 3. The van der Waals surface area contributed by atoms with Gasteiger partial charge in [0.15, 0.2) is 0 Å². The lowest BCUT2D eigenvalue weighted by Gasteiger charge is -2.18. The third kappa shape index (κ3) is 2.87. The molecular formula is C19H17BrN4. The number of anilines is 4. The zero-order valence-corrected chi connectivity index (χ0v) is 14.9. The molecule has 0 unspecified atom stereocenters. The van der Waals surface area contributed by atoms with Gasteiger partial charge < -0.3 is 10.2 Å². The first-order valence-electron chi connectivity index (χ1n) is 7.92. The fourth-order valence-electron chi connectivity index (χ4n) is 2.94. The number of halogens is 1. The van der Waals surface area contributed by atoms with Gasteiger partial charge in [0.2, 0.25) is 5.95 Å². The van der Waals surface area contributed by atoms with Crippen molar-refractivity contribution in [3.63, 3.8) is 0 Å². The van der Waals surface area contributed by atoms with Crippen LogP contribution in [0.3, 0.4) is 0 Å². The standard InChI is InChI=1S/C19H17BrN4/c1-13-6-7-15(12-16(13)20)22-19-21-10-8-18(23-19)24-11-9-14-4-2-3-5-17(14)24/h2-8,10,12H,9,11H2,1H3,(H,21,22,23). The molecule has 2 heterocycles. The summed E-state index contributed by atoms with van der Waals surface area (Å²) in [5.41, 5.74) is 4.77. The lowest BCUT2D eigenvalue weighted by atomic mass is 10.2. The van der Waals surface area contributed by atoms with Crippen LogP contribution in [-0.4, -0.2) is 16.5 Å². The van der Waals surface area contributed by atoms with Crippen LogP contribution < -0.4 is 10.2 Å². The van der Waals surface area contributed by atoms with E-state index < -0.39 is 0 Å². The minimum atomic E-state index is 0.604. The average Bonchev–Trinajstić information content (AvgIpc) is 3.03. The molecule has 3 aromatic rings. The molecule has 1 N–H and O–H groups in total. The first-order valence-corrected chi connectivity index (χ1v) is 8.72. The fraction of sp³-hybridized carbons (Fsp3) is 0.158. The first kappa shape index (κ1) is 15.1. The number of aryl methyl sites for hydroxylation is 1. The van der Waals surface area contributed by atoms with E-state index in [4.69, 9.17) is 0 Å². The van der Waals surface area contributed by atoms with E-state index in [1.165, 1.54) is 16.8 Å². The van der Waals surface area contributed by atoms with E-state index in [0.29, 0.717) is 5.95 Å². The van der Waals surface area contributed by atoms with Crippen molar-refractivity contribution in [3.8, 4) is 0 Å². The maximum absolute atomic E-state index is 4.69. The van der Waals surface area contributed by atoms with Crippen molar-refractivity contribution in [1.29, 1.82) is 0 Å². The summed E-state index contributed by atoms with van der Waals surface area (Å²) in [6.07, 6.45) is 2.85. The third-order valence-corrected chi connectivity index (χ3v) is 5.09. The molecular weight excluding hydrogens is 364 g/mol. The van der Waals surface area contributed by atoms with Crippen molar-refractivity contribution in [2.24, 2.45) is 0 Å². The molecule has 0 fully saturated rings. The minimum Gasteiger partial charge on any atom is -0.326 e. The number of hydrogen-bond donors (Lipinski definition) is 1. The highest BCUT2D eigenvalue weighted by atomic mass is 79.9. The van der Waals surface area contributed by atoms with Gasteiger partial charge in [0, 0.05) is 28.6 Å². The SMILES string of the molecule is Cc1ccc(Nc2nccc(N3CCc4ccccc43)n2)cc1Br. The van der Waals surface area contributed by atoms with E-state index in [0.717, 1.165) is 28.9 Å². The molecule has 1 aromatic heterocycles. The third-order valence-electron chi connectivity index (χ3n) is 4.23. The number of nitrogens with zero attached hydrogens (tertiary/aromatic N) is 3. The number of nitrogens with one attached hydrogen (secondary N) is 1. The van der Waals surface area contributed by atoms with Gasteiger partial charge in [-0.1, -0.05) is 40.2 Å². The molecule has 0 saturated carbocycles. The Bertz CT molecular complexity index is 894. The van der Waals surface area contributed by atoms with Crippen LogP contribution in [0.5, 0.6) is 0 Å². The molecule has 5 heteroatoms. The summed E-state index contributed by atoms with van der Waals surface area (Å²) in [7, 11) is 0. The van der Waals surface area contributed by atoms with E-state index in [1.807, 2.05) is 18.2 Å². The van der Waals surface area contributed by atoms with Crippen molar-refractivity contribution in [3.05, 3.63) is 70.3 Å². The second-order valence-electron chi connectivity index (χ2n) is 5.86. The summed E-state index contributed by atoms with van der Waals surface area (Å²) in [5.74, 6) is 1.52. The van der Waals surface area contributed by atoms with Gasteiger partial charge in [-0.3, -0.25) is 0 Å². The molecule has 0 amide bonds. The quantitative estimate of drug-likeness (QED) is 0.694. The van der Waals surface area contributed by atoms with Crippen molar-refractivity contribution >= 4 is 39.1 Å². The van der Waals surface area contributed by atoms with E-state index in [-0.39, 0.29) is 0 Å². The van der Waals surface area contributed by atoms with E-state index in [2.05, 4.69) is 73.4 Å². The van der Waals surface area contributed by atoms with Crippen molar-refractivity contribution in [2.75, 3.05) is 16.8 Å². The van der Waals surface area contributed by atoms with Gasteiger partial charge >= 0.3 is 0 Å². The molecule has 120 valence electrons. The Morgan fingerprint density at radius 3 is 2.88 bits per heavy atom. The lowest BCUT2D eigenvalue weighted by molar-refractivity contribution is 0.966. The van der Waals surface area contributed by atoms with Crippen LogP contribution in [0, 0.1) is 6.92 Å². The monoisotopic (exact) mass is 380 g/mol. The van der Waals surface area contributed by atoms with Crippen LogP contribution >= 0.6 is 15.9 Å². The molecule has 1 aliphatic heterocycles. The Kier molecular flexibility index (Phi) is 3.94. The molecule has 0 radical (unpaired) electrons. The van der Waals surface area contributed by atoms with Crippen LogP contribution in [-0.2, 0) is 6.42 Å². The second kappa shape index (κ2) is 6.24. The number of para-hydroxylation sites is 1. The predicted molar refractivity (Wildman–Crippen MR) is 101 cm³/mol. The highest BCUT2D eigenvalue weighted by Crippen LogP contribution is 2.33. The summed E-state index contributed by atoms with van der Waals surface area (Å²) in [5, 5.41) is 3.28. The highest BCUT2D eigenvalue weighted by Gasteiger charge is 2.21. The van der Waals surface area contributed by atoms with Crippen LogP contribution in [0.25, 0.3) is 0 Å². The van der Waals surface area contributed by atoms with Gasteiger partial charge in [-0.25, -0.2) is 4.98 Å². The number of aromatic nitrogens is 2. The van der Waals surface area contributed by atoms with Crippen molar-refractivity contribution in [2.45, 2.75) is 13.3 Å². The van der Waals surface area contributed by atoms with Crippen molar-refractivity contribution < 1.29 is 0 Å². The Balaban J connectivity index is 1.61. The predicted octanol–water partition coefficient (Wildman–Crippen LogP) is 4.99. The average molecular weight is 381 g/mol. The number of benzene rings is 2. The molecule has 4 nitrogen and oxygen atoms in total. The fourth-order valence-corrected chi connectivity index (χ4v) is 3.31. The summed E-state index contributed by atoms with van der Waals surface area (Å²) in [6.45, 7) is 3.02. The molecule has 0 bridgehead atoms. The van der Waals surface area contributed by atoms with Crippen molar-refractivity contribution in [1.82, 2.24) is 9.97 Å². The van der Waals surface area contributed by atoms with Crippen LogP contribution in [0.15, 0.2) is 59.2 Å². The van der Waals surface area contributed by atoms with Gasteiger partial charge in [-0.05, 0) is 48.7 Å². The Hall–Kier alpha value is -2.40. The maximum Gasteiger partial charge on any atom is 0.229 e.